The van der Waals surface area contributed by atoms with Crippen molar-refractivity contribution in [2.75, 3.05) is 20.1 Å². The van der Waals surface area contributed by atoms with Crippen molar-refractivity contribution in [3.8, 4) is 0 Å². The summed E-state index contributed by atoms with van der Waals surface area (Å²) in [7, 11) is 2.04. The van der Waals surface area contributed by atoms with Crippen molar-refractivity contribution in [3.05, 3.63) is 0 Å². The Morgan fingerprint density at radius 3 is 2.29 bits per heavy atom. The quantitative estimate of drug-likeness (QED) is 0.753. The Morgan fingerprint density at radius 2 is 1.94 bits per heavy atom. The molecule has 0 radical (unpaired) electrons. The molecule has 0 bridgehead atoms. The molecule has 0 spiro atoms. The van der Waals surface area contributed by atoms with Crippen molar-refractivity contribution >= 4 is 0 Å². The van der Waals surface area contributed by atoms with E-state index in [0.29, 0.717) is 12.6 Å². The molecule has 1 fully saturated rings. The van der Waals surface area contributed by atoms with Crippen molar-refractivity contribution in [1.82, 2.24) is 9.80 Å². The van der Waals surface area contributed by atoms with Gasteiger partial charge in [0.05, 0.1) is 0 Å². The molecule has 0 amide bonds. The number of alkyl halides is 1. The molecule has 1 saturated heterocycles. The lowest BCUT2D eigenvalue weighted by Crippen LogP contribution is -2.50. The monoisotopic (exact) mass is 244 g/mol. The SMILES string of the molecule is CC(F)CN(C)[C@H]1CN(C(C)(C)C)C(C)(C)C1. The molecular formula is C14H29FN2. The summed E-state index contributed by atoms with van der Waals surface area (Å²) < 4.78 is 13.1. The average molecular weight is 244 g/mol. The maximum absolute atomic E-state index is 13.1. The summed E-state index contributed by atoms with van der Waals surface area (Å²) in [6.45, 7) is 14.6. The molecule has 0 aromatic heterocycles. The second-order valence-electron chi connectivity index (χ2n) is 7.17. The average Bonchev–Trinajstić information content (AvgIpc) is 2.39. The molecule has 1 rings (SSSR count). The molecule has 1 unspecified atom stereocenters. The summed E-state index contributed by atoms with van der Waals surface area (Å²) >= 11 is 0. The van der Waals surface area contributed by atoms with Gasteiger partial charge in [0.15, 0.2) is 0 Å². The van der Waals surface area contributed by atoms with E-state index in [2.05, 4.69) is 44.4 Å². The van der Waals surface area contributed by atoms with Crippen LogP contribution in [0, 0.1) is 0 Å². The van der Waals surface area contributed by atoms with Crippen molar-refractivity contribution < 1.29 is 4.39 Å². The Morgan fingerprint density at radius 1 is 1.41 bits per heavy atom. The normalized spacial score (nSPS) is 27.7. The van der Waals surface area contributed by atoms with Gasteiger partial charge in [-0.15, -0.1) is 0 Å². The molecule has 1 heterocycles. The van der Waals surface area contributed by atoms with Crippen molar-refractivity contribution in [3.63, 3.8) is 0 Å². The first-order chi connectivity index (χ1) is 7.54. The van der Waals surface area contributed by atoms with Crippen molar-refractivity contribution in [1.29, 1.82) is 0 Å². The highest BCUT2D eigenvalue weighted by atomic mass is 19.1. The third-order valence-electron chi connectivity index (χ3n) is 3.83. The Hall–Kier alpha value is -0.150. The zero-order chi connectivity index (χ0) is 13.4. The molecule has 0 aromatic carbocycles. The molecule has 0 N–H and O–H groups in total. The van der Waals surface area contributed by atoms with E-state index in [4.69, 9.17) is 0 Å². The standard InChI is InChI=1S/C14H29FN2/c1-11(15)9-16(7)12-8-14(5,6)17(10-12)13(2,3)4/h11-12H,8-10H2,1-7H3/t11?,12-/m1/s1. The van der Waals surface area contributed by atoms with Crippen LogP contribution in [0.25, 0.3) is 0 Å². The van der Waals surface area contributed by atoms with Crippen LogP contribution in [-0.2, 0) is 0 Å². The Labute approximate surface area is 106 Å². The molecule has 0 aliphatic carbocycles. The lowest BCUT2D eigenvalue weighted by atomic mass is 9.95. The predicted molar refractivity (Wildman–Crippen MR) is 72.1 cm³/mol. The second kappa shape index (κ2) is 4.85. The minimum absolute atomic E-state index is 0.181. The minimum atomic E-state index is -0.744. The molecule has 1 aliphatic heterocycles. The molecule has 17 heavy (non-hydrogen) atoms. The van der Waals surface area contributed by atoms with Gasteiger partial charge in [-0.05, 0) is 55.0 Å². The minimum Gasteiger partial charge on any atom is -0.299 e. The van der Waals surface area contributed by atoms with E-state index in [1.165, 1.54) is 0 Å². The van der Waals surface area contributed by atoms with Gasteiger partial charge in [0, 0.05) is 30.2 Å². The Kier molecular flexibility index (Phi) is 4.25. The molecule has 102 valence electrons. The Bertz CT molecular complexity index is 255. The van der Waals surface area contributed by atoms with E-state index in [1.54, 1.807) is 6.92 Å². The van der Waals surface area contributed by atoms with Crippen LogP contribution in [0.1, 0.15) is 48.0 Å². The summed E-state index contributed by atoms with van der Waals surface area (Å²) in [5.74, 6) is 0. The number of hydrogen-bond donors (Lipinski definition) is 0. The van der Waals surface area contributed by atoms with Crippen LogP contribution >= 0.6 is 0 Å². The van der Waals surface area contributed by atoms with E-state index in [-0.39, 0.29) is 11.1 Å². The smallest absolute Gasteiger partial charge is 0.110 e. The van der Waals surface area contributed by atoms with Crippen LogP contribution in [0.2, 0.25) is 0 Å². The third-order valence-corrected chi connectivity index (χ3v) is 3.83. The highest BCUT2D eigenvalue weighted by molar-refractivity contribution is 5.01. The molecule has 1 aliphatic rings. The first kappa shape index (κ1) is 14.9. The van der Waals surface area contributed by atoms with Gasteiger partial charge < -0.3 is 0 Å². The molecule has 0 aromatic rings. The fraction of sp³-hybridized carbons (Fsp3) is 1.00. The highest BCUT2D eigenvalue weighted by Gasteiger charge is 2.44. The summed E-state index contributed by atoms with van der Waals surface area (Å²) in [6.07, 6.45) is 0.375. The van der Waals surface area contributed by atoms with Gasteiger partial charge in [-0.1, -0.05) is 0 Å². The first-order valence-corrected chi connectivity index (χ1v) is 6.66. The lowest BCUT2D eigenvalue weighted by Gasteiger charge is -2.42. The van der Waals surface area contributed by atoms with E-state index >= 15 is 0 Å². The van der Waals surface area contributed by atoms with Gasteiger partial charge in [-0.3, -0.25) is 9.80 Å². The van der Waals surface area contributed by atoms with Crippen molar-refractivity contribution in [2.24, 2.45) is 0 Å². The topological polar surface area (TPSA) is 6.48 Å². The van der Waals surface area contributed by atoms with E-state index in [0.717, 1.165) is 13.0 Å². The van der Waals surface area contributed by atoms with Gasteiger partial charge in [0.1, 0.15) is 6.17 Å². The second-order valence-corrected chi connectivity index (χ2v) is 7.17. The van der Waals surface area contributed by atoms with Gasteiger partial charge in [0.2, 0.25) is 0 Å². The van der Waals surface area contributed by atoms with Crippen molar-refractivity contribution in [2.45, 2.75) is 71.3 Å². The molecule has 0 saturated carbocycles. The van der Waals surface area contributed by atoms with Crippen LogP contribution in [0.3, 0.4) is 0 Å². The van der Waals surface area contributed by atoms with Crippen LogP contribution in [-0.4, -0.2) is 53.2 Å². The fourth-order valence-corrected chi connectivity index (χ4v) is 3.23. The predicted octanol–water partition coefficient (Wildman–Crippen LogP) is 2.93. The summed E-state index contributed by atoms with van der Waals surface area (Å²) in [4.78, 5) is 4.72. The van der Waals surface area contributed by atoms with E-state index < -0.39 is 6.17 Å². The number of likely N-dealkylation sites (tertiary alicyclic amines) is 1. The molecule has 2 nitrogen and oxygen atoms in total. The largest absolute Gasteiger partial charge is 0.299 e. The van der Waals surface area contributed by atoms with E-state index in [1.807, 2.05) is 7.05 Å². The molecular weight excluding hydrogens is 215 g/mol. The maximum Gasteiger partial charge on any atom is 0.110 e. The number of rotatable bonds is 3. The van der Waals surface area contributed by atoms with Crippen LogP contribution in [0.4, 0.5) is 4.39 Å². The van der Waals surface area contributed by atoms with Gasteiger partial charge in [-0.2, -0.15) is 0 Å². The van der Waals surface area contributed by atoms with Crippen LogP contribution in [0.15, 0.2) is 0 Å². The maximum atomic E-state index is 13.1. The van der Waals surface area contributed by atoms with Crippen LogP contribution < -0.4 is 0 Å². The number of halogens is 1. The zero-order valence-corrected chi connectivity index (χ0v) is 12.5. The summed E-state index contributed by atoms with van der Waals surface area (Å²) in [6, 6.07) is 0.474. The number of hydrogen-bond acceptors (Lipinski definition) is 2. The van der Waals surface area contributed by atoms with Gasteiger partial charge in [0.25, 0.3) is 0 Å². The number of nitrogens with zero attached hydrogens (tertiary/aromatic N) is 2. The van der Waals surface area contributed by atoms with Gasteiger partial charge in [-0.25, -0.2) is 4.39 Å². The Balaban J connectivity index is 2.71. The third kappa shape index (κ3) is 3.65. The fourth-order valence-electron chi connectivity index (χ4n) is 3.23. The summed E-state index contributed by atoms with van der Waals surface area (Å²) in [5.41, 5.74) is 0.386. The van der Waals surface area contributed by atoms with E-state index in [9.17, 15) is 4.39 Å². The van der Waals surface area contributed by atoms with Gasteiger partial charge >= 0.3 is 0 Å². The van der Waals surface area contributed by atoms with Crippen LogP contribution in [0.5, 0.6) is 0 Å². The molecule has 3 heteroatoms. The zero-order valence-electron chi connectivity index (χ0n) is 12.5. The summed E-state index contributed by atoms with van der Waals surface area (Å²) in [5, 5.41) is 0. The lowest BCUT2D eigenvalue weighted by molar-refractivity contribution is 0.0654. The molecule has 2 atom stereocenters. The number of likely N-dealkylation sites (N-methyl/N-ethyl adjacent to an activating group) is 1. The highest BCUT2D eigenvalue weighted by Crippen LogP contribution is 2.36. The first-order valence-electron chi connectivity index (χ1n) is 6.66.